The summed E-state index contributed by atoms with van der Waals surface area (Å²) in [6.07, 6.45) is 0.686. The molecule has 1 aliphatic rings. The molecule has 2 aromatic heterocycles. The molecule has 0 bridgehead atoms. The van der Waals surface area contributed by atoms with Gasteiger partial charge in [0.05, 0.1) is 30.3 Å². The molecule has 4 rings (SSSR count). The Balaban J connectivity index is 1.79. The number of H-pyrrole nitrogens is 1. The van der Waals surface area contributed by atoms with E-state index in [0.717, 1.165) is 16.8 Å². The fourth-order valence-electron chi connectivity index (χ4n) is 3.81. The fraction of sp³-hybridized carbons (Fsp3) is 0.429. The van der Waals surface area contributed by atoms with Crippen molar-refractivity contribution < 1.29 is 4.74 Å². The van der Waals surface area contributed by atoms with Crippen LogP contribution in [0.3, 0.4) is 0 Å². The van der Waals surface area contributed by atoms with Crippen LogP contribution in [0.4, 0.5) is 17.7 Å². The van der Waals surface area contributed by atoms with Gasteiger partial charge in [-0.25, -0.2) is 9.97 Å². The summed E-state index contributed by atoms with van der Waals surface area (Å²) < 4.78 is 5.43. The number of aromatic nitrogens is 4. The van der Waals surface area contributed by atoms with Gasteiger partial charge in [0, 0.05) is 32.3 Å². The SMILES string of the molecule is COc1cc(C(C)C)c2c(=O)[nH]c(N3CCc4c(N)nc(N(C)C)nc4C3)nc2c1. The summed E-state index contributed by atoms with van der Waals surface area (Å²) >= 11 is 0. The Morgan fingerprint density at radius 1 is 1.23 bits per heavy atom. The van der Waals surface area contributed by atoms with Gasteiger partial charge in [0.15, 0.2) is 0 Å². The van der Waals surface area contributed by atoms with Crippen LogP contribution in [0, 0.1) is 0 Å². The van der Waals surface area contributed by atoms with E-state index in [4.69, 9.17) is 15.5 Å². The van der Waals surface area contributed by atoms with Crippen molar-refractivity contribution in [3.05, 3.63) is 39.3 Å². The Hall–Kier alpha value is -3.36. The molecule has 0 aliphatic carbocycles. The van der Waals surface area contributed by atoms with Gasteiger partial charge in [-0.05, 0) is 24.0 Å². The molecule has 0 spiro atoms. The molecule has 0 fully saturated rings. The molecular formula is C21H27N7O2. The summed E-state index contributed by atoms with van der Waals surface area (Å²) in [6.45, 7) is 5.26. The molecule has 3 aromatic rings. The van der Waals surface area contributed by atoms with Crippen molar-refractivity contribution in [2.24, 2.45) is 0 Å². The largest absolute Gasteiger partial charge is 0.497 e. The lowest BCUT2D eigenvalue weighted by Gasteiger charge is -2.29. The molecule has 0 amide bonds. The Labute approximate surface area is 174 Å². The number of nitrogens with one attached hydrogen (secondary N) is 1. The first kappa shape index (κ1) is 19.9. The number of anilines is 3. The predicted octanol–water partition coefficient (Wildman–Crippen LogP) is 2.06. The summed E-state index contributed by atoms with van der Waals surface area (Å²) in [4.78, 5) is 33.6. The van der Waals surface area contributed by atoms with E-state index in [9.17, 15) is 4.79 Å². The van der Waals surface area contributed by atoms with Crippen LogP contribution >= 0.6 is 0 Å². The Bertz CT molecular complexity index is 1170. The number of aromatic amines is 1. The molecular weight excluding hydrogens is 382 g/mol. The third-order valence-electron chi connectivity index (χ3n) is 5.44. The van der Waals surface area contributed by atoms with Gasteiger partial charge >= 0.3 is 0 Å². The van der Waals surface area contributed by atoms with Gasteiger partial charge in [0.1, 0.15) is 11.6 Å². The van der Waals surface area contributed by atoms with E-state index in [-0.39, 0.29) is 11.5 Å². The molecule has 0 unspecified atom stereocenters. The second-order valence-corrected chi connectivity index (χ2v) is 8.06. The Morgan fingerprint density at radius 2 is 2.00 bits per heavy atom. The van der Waals surface area contributed by atoms with Crippen LogP contribution in [0.5, 0.6) is 5.75 Å². The maximum absolute atomic E-state index is 13.0. The lowest BCUT2D eigenvalue weighted by atomic mass is 9.98. The molecule has 30 heavy (non-hydrogen) atoms. The zero-order valence-corrected chi connectivity index (χ0v) is 18.0. The predicted molar refractivity (Wildman–Crippen MR) is 119 cm³/mol. The molecule has 1 aromatic carbocycles. The number of nitrogens with two attached hydrogens (primary N) is 1. The number of hydrogen-bond acceptors (Lipinski definition) is 8. The third kappa shape index (κ3) is 3.40. The highest BCUT2D eigenvalue weighted by Crippen LogP contribution is 2.30. The fourth-order valence-corrected chi connectivity index (χ4v) is 3.81. The average Bonchev–Trinajstić information content (AvgIpc) is 2.72. The minimum absolute atomic E-state index is 0.150. The molecule has 3 N–H and O–H groups in total. The highest BCUT2D eigenvalue weighted by molar-refractivity contribution is 5.84. The molecule has 0 saturated heterocycles. The van der Waals surface area contributed by atoms with Crippen molar-refractivity contribution in [3.63, 3.8) is 0 Å². The first-order valence-corrected chi connectivity index (χ1v) is 9.98. The van der Waals surface area contributed by atoms with Crippen LogP contribution in [0.15, 0.2) is 16.9 Å². The van der Waals surface area contributed by atoms with Crippen LogP contribution in [-0.4, -0.2) is 47.7 Å². The minimum atomic E-state index is -0.150. The smallest absolute Gasteiger partial charge is 0.260 e. The standard InChI is InChI=1S/C21H27N7O2/c1-11(2)14-8-12(30-5)9-15-17(14)19(29)26-21(23-15)28-7-6-13-16(10-28)24-20(27(3)4)25-18(13)22/h8-9,11H,6-7,10H2,1-5H3,(H2,22,24,25)(H,23,26,29). The van der Waals surface area contributed by atoms with Gasteiger partial charge in [0.25, 0.3) is 5.56 Å². The molecule has 9 heteroatoms. The van der Waals surface area contributed by atoms with Crippen LogP contribution in [-0.2, 0) is 13.0 Å². The zero-order valence-electron chi connectivity index (χ0n) is 18.0. The van der Waals surface area contributed by atoms with Gasteiger partial charge in [-0.15, -0.1) is 0 Å². The molecule has 0 radical (unpaired) electrons. The monoisotopic (exact) mass is 409 g/mol. The lowest BCUT2D eigenvalue weighted by Crippen LogP contribution is -2.35. The zero-order chi connectivity index (χ0) is 21.6. The summed E-state index contributed by atoms with van der Waals surface area (Å²) in [5, 5.41) is 0.605. The van der Waals surface area contributed by atoms with Crippen LogP contribution in [0.2, 0.25) is 0 Å². The highest BCUT2D eigenvalue weighted by atomic mass is 16.5. The maximum Gasteiger partial charge on any atom is 0.260 e. The van der Waals surface area contributed by atoms with Crippen molar-refractivity contribution in [1.82, 2.24) is 19.9 Å². The number of rotatable bonds is 4. The second kappa shape index (κ2) is 7.47. The summed E-state index contributed by atoms with van der Waals surface area (Å²) in [5.41, 5.74) is 9.37. The summed E-state index contributed by atoms with van der Waals surface area (Å²) in [7, 11) is 5.38. The molecule has 0 atom stereocenters. The Kier molecular flexibility index (Phi) is 4.97. The Morgan fingerprint density at radius 3 is 2.67 bits per heavy atom. The first-order chi connectivity index (χ1) is 14.3. The lowest BCUT2D eigenvalue weighted by molar-refractivity contribution is 0.414. The minimum Gasteiger partial charge on any atom is -0.497 e. The van der Waals surface area contributed by atoms with Crippen LogP contribution in [0.1, 0.15) is 36.6 Å². The van der Waals surface area contributed by atoms with Gasteiger partial charge < -0.3 is 20.3 Å². The van der Waals surface area contributed by atoms with E-state index >= 15 is 0 Å². The second-order valence-electron chi connectivity index (χ2n) is 8.06. The highest BCUT2D eigenvalue weighted by Gasteiger charge is 2.24. The van der Waals surface area contributed by atoms with Crippen molar-refractivity contribution in [2.45, 2.75) is 32.7 Å². The number of nitrogens with zero attached hydrogens (tertiary/aromatic N) is 5. The van der Waals surface area contributed by atoms with Gasteiger partial charge in [-0.2, -0.15) is 4.98 Å². The normalized spacial score (nSPS) is 13.6. The van der Waals surface area contributed by atoms with E-state index in [2.05, 4.69) is 28.8 Å². The quantitative estimate of drug-likeness (QED) is 0.673. The van der Waals surface area contributed by atoms with Crippen molar-refractivity contribution >= 4 is 28.6 Å². The number of nitrogen functional groups attached to an aromatic ring is 1. The topological polar surface area (TPSA) is 113 Å². The number of ether oxygens (including phenoxy) is 1. The number of fused-ring (bicyclic) bond motifs is 2. The third-order valence-corrected chi connectivity index (χ3v) is 5.44. The van der Waals surface area contributed by atoms with Crippen molar-refractivity contribution in [3.8, 4) is 5.75 Å². The number of methoxy groups -OCH3 is 1. The molecule has 3 heterocycles. The summed E-state index contributed by atoms with van der Waals surface area (Å²) in [5.74, 6) is 2.46. The van der Waals surface area contributed by atoms with E-state index in [1.807, 2.05) is 36.0 Å². The van der Waals surface area contributed by atoms with E-state index in [0.29, 0.717) is 53.9 Å². The number of benzene rings is 1. The van der Waals surface area contributed by atoms with Gasteiger partial charge in [-0.3, -0.25) is 9.78 Å². The molecule has 1 aliphatic heterocycles. The van der Waals surface area contributed by atoms with Gasteiger partial charge in [0.2, 0.25) is 11.9 Å². The van der Waals surface area contributed by atoms with Crippen molar-refractivity contribution in [1.29, 1.82) is 0 Å². The van der Waals surface area contributed by atoms with Gasteiger partial charge in [-0.1, -0.05) is 13.8 Å². The number of hydrogen-bond donors (Lipinski definition) is 2. The average molecular weight is 409 g/mol. The van der Waals surface area contributed by atoms with Crippen molar-refractivity contribution in [2.75, 3.05) is 43.3 Å². The van der Waals surface area contributed by atoms with E-state index in [1.165, 1.54) is 0 Å². The molecule has 9 nitrogen and oxygen atoms in total. The first-order valence-electron chi connectivity index (χ1n) is 9.98. The van der Waals surface area contributed by atoms with Crippen LogP contribution in [0.25, 0.3) is 10.9 Å². The summed E-state index contributed by atoms with van der Waals surface area (Å²) in [6, 6.07) is 3.71. The molecule has 158 valence electrons. The van der Waals surface area contributed by atoms with E-state index < -0.39 is 0 Å². The molecule has 0 saturated carbocycles. The van der Waals surface area contributed by atoms with E-state index in [1.54, 1.807) is 7.11 Å². The maximum atomic E-state index is 13.0. The van der Waals surface area contributed by atoms with Crippen LogP contribution < -0.4 is 25.8 Å².